The number of halogens is 1. The number of nitrogens with zero attached hydrogens (tertiary/aromatic N) is 2. The van der Waals surface area contributed by atoms with E-state index in [1.54, 1.807) is 0 Å². The van der Waals surface area contributed by atoms with Crippen LogP contribution in [0.2, 0.25) is 0 Å². The summed E-state index contributed by atoms with van der Waals surface area (Å²) in [6.45, 7) is -0.344. The molecule has 224 valence electrons. The van der Waals surface area contributed by atoms with Crippen LogP contribution in [0.3, 0.4) is 0 Å². The Bertz CT molecular complexity index is 1330. The Morgan fingerprint density at radius 1 is 1.26 bits per heavy atom. The summed E-state index contributed by atoms with van der Waals surface area (Å²) >= 11 is 0. The van der Waals surface area contributed by atoms with Gasteiger partial charge in [-0.05, 0) is 55.0 Å². The molecule has 1 saturated carbocycles. The number of amidine groups is 1. The van der Waals surface area contributed by atoms with Crippen molar-refractivity contribution in [3.63, 3.8) is 0 Å². The number of nitrogens with two attached hydrogens (primary N) is 1. The lowest BCUT2D eigenvalue weighted by Crippen LogP contribution is -2.45. The molecule has 42 heavy (non-hydrogen) atoms. The number of nitrogens with one attached hydrogen (secondary N) is 3. The van der Waals surface area contributed by atoms with E-state index in [0.717, 1.165) is 32.1 Å². The van der Waals surface area contributed by atoms with Crippen molar-refractivity contribution in [2.75, 3.05) is 6.61 Å². The van der Waals surface area contributed by atoms with Crippen molar-refractivity contribution in [3.8, 4) is 6.07 Å². The lowest BCUT2D eigenvalue weighted by molar-refractivity contribution is -0.152. The fourth-order valence-electron chi connectivity index (χ4n) is 5.35. The quantitative estimate of drug-likeness (QED) is 0.137. The number of carbonyl (C=O) groups is 2. The molecule has 2 aliphatic rings. The van der Waals surface area contributed by atoms with Gasteiger partial charge in [0.2, 0.25) is 11.5 Å². The smallest absolute Gasteiger partial charge is 0.306 e. The van der Waals surface area contributed by atoms with E-state index in [0.29, 0.717) is 11.9 Å². The van der Waals surface area contributed by atoms with Crippen LogP contribution in [0.1, 0.15) is 55.5 Å². The van der Waals surface area contributed by atoms with Crippen molar-refractivity contribution in [1.82, 2.24) is 10.3 Å². The number of nitriles is 1. The third-order valence-electron chi connectivity index (χ3n) is 7.70. The van der Waals surface area contributed by atoms with E-state index in [2.05, 4.69) is 15.3 Å². The summed E-state index contributed by atoms with van der Waals surface area (Å²) in [7, 11) is 0. The third-order valence-corrected chi connectivity index (χ3v) is 7.70. The number of hydrogen-bond acceptors (Lipinski definition) is 9. The Kier molecular flexibility index (Phi) is 10.2. The summed E-state index contributed by atoms with van der Waals surface area (Å²) < 4.78 is 24.3. The van der Waals surface area contributed by atoms with Gasteiger partial charge in [0.15, 0.2) is 5.84 Å². The Morgan fingerprint density at radius 2 is 1.98 bits per heavy atom. The molecule has 1 saturated heterocycles. The highest BCUT2D eigenvalue weighted by atomic mass is 19.1. The fraction of sp³-hybridized carbons (Fsp3) is 0.483. The minimum absolute atomic E-state index is 0.0464. The summed E-state index contributed by atoms with van der Waals surface area (Å²) in [6, 6.07) is 9.29. The van der Waals surface area contributed by atoms with Gasteiger partial charge >= 0.3 is 5.97 Å². The van der Waals surface area contributed by atoms with Crippen molar-refractivity contribution < 1.29 is 33.7 Å². The van der Waals surface area contributed by atoms with Gasteiger partial charge in [-0.1, -0.05) is 31.4 Å². The second-order valence-electron chi connectivity index (χ2n) is 10.6. The highest BCUT2D eigenvalue weighted by molar-refractivity contribution is 6.10. The van der Waals surface area contributed by atoms with Crippen molar-refractivity contribution in [2.24, 2.45) is 16.6 Å². The molecular weight excluding hydrogens is 547 g/mol. The highest BCUT2D eigenvalue weighted by Gasteiger charge is 2.57. The van der Waals surface area contributed by atoms with E-state index in [1.165, 1.54) is 36.4 Å². The first-order valence-corrected chi connectivity index (χ1v) is 13.8. The molecule has 12 nitrogen and oxygen atoms in total. The number of aromatic nitrogens is 1. The predicted octanol–water partition coefficient (Wildman–Crippen LogP) is 1.55. The van der Waals surface area contributed by atoms with E-state index < -0.39 is 47.6 Å². The standard InChI is InChI=1S/C29H35FN6O6/c30-19-8-6-18(7-9-19)12-20(33)28(40)36-27(34-16-32)21-10-11-23(35-21)29(15-31)26(39)25(38)22(42-29)14-41-24(37)13-17-4-2-1-3-5-17/h6-11,16-17,20,22,25-26,35,38-39H,1-5,12-14,33H2,(H2,32,34,36,40)/t20-,22+,25+,26+,29-/m0/s1. The molecule has 7 N–H and O–H groups in total. The van der Waals surface area contributed by atoms with Gasteiger partial charge in [-0.2, -0.15) is 5.26 Å². The molecular formula is C29H35FN6O6. The molecule has 0 bridgehead atoms. The first-order chi connectivity index (χ1) is 20.2. The zero-order valence-corrected chi connectivity index (χ0v) is 23.0. The Labute approximate surface area is 242 Å². The van der Waals surface area contributed by atoms with Gasteiger partial charge in [0, 0.05) is 6.42 Å². The first-order valence-electron chi connectivity index (χ1n) is 13.8. The largest absolute Gasteiger partial charge is 0.463 e. The highest BCUT2D eigenvalue weighted by Crippen LogP contribution is 2.39. The van der Waals surface area contributed by atoms with Crippen LogP contribution in [-0.4, -0.2) is 70.2 Å². The van der Waals surface area contributed by atoms with Crippen LogP contribution in [0.4, 0.5) is 4.39 Å². The molecule has 2 aromatic rings. The Balaban J connectivity index is 1.42. The molecule has 1 aliphatic heterocycles. The molecule has 2 heterocycles. The molecule has 1 amide bonds. The van der Waals surface area contributed by atoms with E-state index in [1.807, 2.05) is 6.07 Å². The van der Waals surface area contributed by atoms with Crippen LogP contribution in [0.25, 0.3) is 0 Å². The van der Waals surface area contributed by atoms with Crippen molar-refractivity contribution in [1.29, 1.82) is 10.7 Å². The predicted molar refractivity (Wildman–Crippen MR) is 149 cm³/mol. The molecule has 1 aliphatic carbocycles. The number of aliphatic imine (C=N–C) groups is 1. The van der Waals surface area contributed by atoms with E-state index in [-0.39, 0.29) is 42.6 Å². The minimum Gasteiger partial charge on any atom is -0.463 e. The zero-order valence-electron chi connectivity index (χ0n) is 23.0. The zero-order chi connectivity index (χ0) is 30.3. The summed E-state index contributed by atoms with van der Waals surface area (Å²) in [6.07, 6.45) is 1.94. The van der Waals surface area contributed by atoms with Gasteiger partial charge < -0.3 is 35.7 Å². The molecule has 2 fully saturated rings. The third kappa shape index (κ3) is 7.08. The maximum absolute atomic E-state index is 13.2. The summed E-state index contributed by atoms with van der Waals surface area (Å²) in [5.41, 5.74) is 4.83. The molecule has 13 heteroatoms. The van der Waals surface area contributed by atoms with Crippen LogP contribution in [0.5, 0.6) is 0 Å². The number of esters is 1. The minimum atomic E-state index is -2.04. The number of aliphatic hydroxyl groups excluding tert-OH is 2. The number of amides is 1. The average molecular weight is 583 g/mol. The van der Waals surface area contributed by atoms with E-state index >= 15 is 0 Å². The number of aromatic amines is 1. The maximum Gasteiger partial charge on any atom is 0.306 e. The molecule has 1 aromatic carbocycles. The molecule has 0 unspecified atom stereocenters. The van der Waals surface area contributed by atoms with Crippen LogP contribution >= 0.6 is 0 Å². The fourth-order valence-corrected chi connectivity index (χ4v) is 5.35. The number of carbonyl (C=O) groups excluding carboxylic acids is 2. The topological polar surface area (TPSA) is 207 Å². The van der Waals surface area contributed by atoms with Crippen LogP contribution in [0.15, 0.2) is 41.4 Å². The van der Waals surface area contributed by atoms with Gasteiger partial charge in [-0.15, -0.1) is 0 Å². The second-order valence-corrected chi connectivity index (χ2v) is 10.6. The molecule has 4 rings (SSSR count). The molecule has 0 radical (unpaired) electrons. The number of ether oxygens (including phenoxy) is 2. The maximum atomic E-state index is 13.2. The van der Waals surface area contributed by atoms with Gasteiger partial charge in [0.1, 0.15) is 43.1 Å². The van der Waals surface area contributed by atoms with Crippen molar-refractivity contribution >= 4 is 24.1 Å². The number of aliphatic hydroxyl groups is 2. The Morgan fingerprint density at radius 3 is 2.64 bits per heavy atom. The van der Waals surface area contributed by atoms with Gasteiger partial charge in [0.05, 0.1) is 17.4 Å². The van der Waals surface area contributed by atoms with E-state index in [9.17, 15) is 29.5 Å². The Hall–Kier alpha value is -3.96. The van der Waals surface area contributed by atoms with Crippen molar-refractivity contribution in [2.45, 2.75) is 74.9 Å². The van der Waals surface area contributed by atoms with Crippen LogP contribution in [-0.2, 0) is 31.1 Å². The van der Waals surface area contributed by atoms with E-state index in [4.69, 9.17) is 20.6 Å². The van der Waals surface area contributed by atoms with Crippen LogP contribution < -0.4 is 11.1 Å². The summed E-state index contributed by atoms with van der Waals surface area (Å²) in [4.78, 5) is 31.9. The second kappa shape index (κ2) is 13.8. The number of rotatable bonds is 10. The summed E-state index contributed by atoms with van der Waals surface area (Å²) in [5.74, 6) is -1.30. The summed E-state index contributed by atoms with van der Waals surface area (Å²) in [5, 5.41) is 41.5. The lowest BCUT2D eigenvalue weighted by Gasteiger charge is -2.23. The van der Waals surface area contributed by atoms with Gasteiger partial charge in [-0.25, -0.2) is 9.38 Å². The van der Waals surface area contributed by atoms with Gasteiger partial charge in [-0.3, -0.25) is 15.0 Å². The number of benzene rings is 1. The molecule has 5 atom stereocenters. The SMILES string of the molecule is N#C[C@@]1(c2ccc(C(=NC=N)NC(=O)[C@@H](N)Cc3ccc(F)cc3)[nH]2)O[C@H](COC(=O)CC2CCCCC2)[C@@H](O)[C@H]1O. The first kappa shape index (κ1) is 31.0. The number of H-pyrrole nitrogens is 1. The lowest BCUT2D eigenvalue weighted by atomic mass is 9.87. The number of hydrogen-bond donors (Lipinski definition) is 6. The van der Waals surface area contributed by atoms with Gasteiger partial charge in [0.25, 0.3) is 0 Å². The average Bonchev–Trinajstić information content (AvgIpc) is 3.57. The molecule has 0 spiro atoms. The molecule has 1 aromatic heterocycles. The monoisotopic (exact) mass is 582 g/mol. The normalized spacial score (nSPS) is 25.4. The van der Waals surface area contributed by atoms with Crippen molar-refractivity contribution in [3.05, 3.63) is 59.2 Å². The van der Waals surface area contributed by atoms with Crippen LogP contribution in [0, 0.1) is 28.5 Å².